The van der Waals surface area contributed by atoms with Gasteiger partial charge < -0.3 is 0 Å². The monoisotopic (exact) mass is 210 g/mol. The van der Waals surface area contributed by atoms with E-state index in [0.29, 0.717) is 6.54 Å². The average molecular weight is 210 g/mol. The summed E-state index contributed by atoms with van der Waals surface area (Å²) in [6.07, 6.45) is -4.16. The van der Waals surface area contributed by atoms with E-state index in [9.17, 15) is 13.2 Å². The molecule has 1 aliphatic rings. The smallest absolute Gasteiger partial charge is 0.247 e. The first-order chi connectivity index (χ1) is 6.12. The first-order valence-electron chi connectivity index (χ1n) is 4.66. The van der Waals surface area contributed by atoms with Gasteiger partial charge in [-0.15, -0.1) is 0 Å². The van der Waals surface area contributed by atoms with Crippen LogP contribution in [-0.4, -0.2) is 30.8 Å². The third-order valence-corrected chi connectivity index (χ3v) is 2.70. The number of hydrogen-bond donors (Lipinski definition) is 1. The van der Waals surface area contributed by atoms with Crippen molar-refractivity contribution in [1.29, 1.82) is 0 Å². The standard InChI is InChI=1S/C9H17F3N2/c1-8(2,3)6-5-14(4)13-7(6)9(10,11)12/h6-7,13H,5H2,1-4H3. The Morgan fingerprint density at radius 3 is 2.00 bits per heavy atom. The number of halogens is 3. The summed E-state index contributed by atoms with van der Waals surface area (Å²) in [7, 11) is 1.64. The number of hydrogen-bond acceptors (Lipinski definition) is 2. The Morgan fingerprint density at radius 1 is 1.21 bits per heavy atom. The maximum Gasteiger partial charge on any atom is 0.405 e. The van der Waals surface area contributed by atoms with Gasteiger partial charge in [-0.05, 0) is 5.41 Å². The highest BCUT2D eigenvalue weighted by molar-refractivity contribution is 4.94. The van der Waals surface area contributed by atoms with Crippen LogP contribution < -0.4 is 5.43 Å². The van der Waals surface area contributed by atoms with E-state index in [1.807, 2.05) is 20.8 Å². The number of alkyl halides is 3. The van der Waals surface area contributed by atoms with Gasteiger partial charge in [-0.1, -0.05) is 20.8 Å². The first kappa shape index (κ1) is 11.8. The fourth-order valence-corrected chi connectivity index (χ4v) is 1.86. The number of rotatable bonds is 0. The summed E-state index contributed by atoms with van der Waals surface area (Å²) < 4.78 is 37.9. The summed E-state index contributed by atoms with van der Waals surface area (Å²) in [6, 6.07) is -1.41. The van der Waals surface area contributed by atoms with Crippen LogP contribution in [0.1, 0.15) is 20.8 Å². The van der Waals surface area contributed by atoms with Crippen molar-refractivity contribution in [2.24, 2.45) is 11.3 Å². The predicted octanol–water partition coefficient (Wildman–Crippen LogP) is 2.03. The van der Waals surface area contributed by atoms with Crippen LogP contribution in [0.3, 0.4) is 0 Å². The molecule has 1 fully saturated rings. The van der Waals surface area contributed by atoms with E-state index in [2.05, 4.69) is 5.43 Å². The van der Waals surface area contributed by atoms with Crippen LogP contribution in [0.25, 0.3) is 0 Å². The van der Waals surface area contributed by atoms with Crippen LogP contribution in [0, 0.1) is 11.3 Å². The Kier molecular flexibility index (Phi) is 2.84. The first-order valence-corrected chi connectivity index (χ1v) is 4.66. The molecule has 84 valence electrons. The molecule has 2 unspecified atom stereocenters. The van der Waals surface area contributed by atoms with Crippen LogP contribution in [0.4, 0.5) is 13.2 Å². The molecule has 14 heavy (non-hydrogen) atoms. The molecule has 0 aromatic carbocycles. The summed E-state index contributed by atoms with van der Waals surface area (Å²) in [4.78, 5) is 0. The van der Waals surface area contributed by atoms with E-state index in [-0.39, 0.29) is 5.41 Å². The van der Waals surface area contributed by atoms with Crippen molar-refractivity contribution in [2.75, 3.05) is 13.6 Å². The highest BCUT2D eigenvalue weighted by atomic mass is 19.4. The molecule has 2 nitrogen and oxygen atoms in total. The molecule has 1 N–H and O–H groups in total. The largest absolute Gasteiger partial charge is 0.405 e. The summed E-state index contributed by atoms with van der Waals surface area (Å²) in [5.74, 6) is -0.396. The fourth-order valence-electron chi connectivity index (χ4n) is 1.86. The number of nitrogens with one attached hydrogen (secondary N) is 1. The number of hydrazine groups is 1. The van der Waals surface area contributed by atoms with Crippen LogP contribution in [0.5, 0.6) is 0 Å². The van der Waals surface area contributed by atoms with Gasteiger partial charge in [0.25, 0.3) is 0 Å². The van der Waals surface area contributed by atoms with Gasteiger partial charge in [0.15, 0.2) is 0 Å². The summed E-state index contributed by atoms with van der Waals surface area (Å²) in [5, 5.41) is 1.52. The molecule has 0 bridgehead atoms. The SMILES string of the molecule is CN1CC(C(C)(C)C)C(C(F)(F)F)N1. The van der Waals surface area contributed by atoms with E-state index in [0.717, 1.165) is 0 Å². The lowest BCUT2D eigenvalue weighted by Crippen LogP contribution is -2.47. The van der Waals surface area contributed by atoms with Crippen molar-refractivity contribution < 1.29 is 13.2 Å². The predicted molar refractivity (Wildman–Crippen MR) is 48.6 cm³/mol. The lowest BCUT2D eigenvalue weighted by atomic mass is 9.77. The topological polar surface area (TPSA) is 15.3 Å². The molecule has 1 saturated heterocycles. The minimum absolute atomic E-state index is 0.335. The van der Waals surface area contributed by atoms with Gasteiger partial charge in [-0.3, -0.25) is 0 Å². The summed E-state index contributed by atoms with van der Waals surface area (Å²) in [5.41, 5.74) is 2.12. The van der Waals surface area contributed by atoms with E-state index < -0.39 is 18.1 Å². The molecule has 0 aliphatic carbocycles. The van der Waals surface area contributed by atoms with Crippen molar-refractivity contribution in [2.45, 2.75) is 33.0 Å². The van der Waals surface area contributed by atoms with Crippen molar-refractivity contribution in [1.82, 2.24) is 10.4 Å². The molecule has 0 radical (unpaired) electrons. The van der Waals surface area contributed by atoms with Crippen LogP contribution >= 0.6 is 0 Å². The zero-order chi connectivity index (χ0) is 11.1. The normalized spacial score (nSPS) is 31.1. The lowest BCUT2D eigenvalue weighted by molar-refractivity contribution is -0.170. The fraction of sp³-hybridized carbons (Fsp3) is 1.00. The molecule has 0 amide bonds. The molecule has 0 saturated carbocycles. The Balaban J connectivity index is 2.84. The maximum absolute atomic E-state index is 12.6. The van der Waals surface area contributed by atoms with E-state index in [1.165, 1.54) is 5.01 Å². The highest BCUT2D eigenvalue weighted by Crippen LogP contribution is 2.39. The molecule has 1 aliphatic heterocycles. The minimum Gasteiger partial charge on any atom is -0.247 e. The van der Waals surface area contributed by atoms with Crippen LogP contribution in [-0.2, 0) is 0 Å². The molecule has 1 rings (SSSR count). The van der Waals surface area contributed by atoms with Crippen molar-refractivity contribution >= 4 is 0 Å². The molecular weight excluding hydrogens is 193 g/mol. The van der Waals surface area contributed by atoms with Gasteiger partial charge in [-0.25, -0.2) is 10.4 Å². The lowest BCUT2D eigenvalue weighted by Gasteiger charge is -2.31. The third kappa shape index (κ3) is 2.39. The second-order valence-electron chi connectivity index (χ2n) is 5.00. The second kappa shape index (κ2) is 3.38. The molecular formula is C9H17F3N2. The quantitative estimate of drug-likeness (QED) is 0.658. The average Bonchev–Trinajstić information content (AvgIpc) is 2.27. The minimum atomic E-state index is -4.16. The summed E-state index contributed by atoms with van der Waals surface area (Å²) in [6.45, 7) is 5.97. The van der Waals surface area contributed by atoms with Crippen LogP contribution in [0.2, 0.25) is 0 Å². The zero-order valence-corrected chi connectivity index (χ0v) is 8.94. The second-order valence-corrected chi connectivity index (χ2v) is 5.00. The molecule has 1 heterocycles. The van der Waals surface area contributed by atoms with Crippen molar-refractivity contribution in [3.63, 3.8) is 0 Å². The zero-order valence-electron chi connectivity index (χ0n) is 8.94. The Hall–Kier alpha value is -0.290. The van der Waals surface area contributed by atoms with Gasteiger partial charge >= 0.3 is 6.18 Å². The molecule has 2 atom stereocenters. The van der Waals surface area contributed by atoms with E-state index >= 15 is 0 Å². The molecule has 5 heteroatoms. The molecule has 0 spiro atoms. The Morgan fingerprint density at radius 2 is 1.71 bits per heavy atom. The third-order valence-electron chi connectivity index (χ3n) is 2.70. The Labute approximate surface area is 82.4 Å². The van der Waals surface area contributed by atoms with E-state index in [4.69, 9.17) is 0 Å². The molecule has 0 aromatic heterocycles. The number of nitrogens with zero attached hydrogens (tertiary/aromatic N) is 1. The summed E-state index contributed by atoms with van der Waals surface area (Å²) >= 11 is 0. The van der Waals surface area contributed by atoms with E-state index in [1.54, 1.807) is 7.05 Å². The van der Waals surface area contributed by atoms with Crippen molar-refractivity contribution in [3.8, 4) is 0 Å². The van der Waals surface area contributed by atoms with Gasteiger partial charge in [0.2, 0.25) is 0 Å². The van der Waals surface area contributed by atoms with Crippen molar-refractivity contribution in [3.05, 3.63) is 0 Å². The van der Waals surface area contributed by atoms with Gasteiger partial charge in [-0.2, -0.15) is 13.2 Å². The maximum atomic E-state index is 12.6. The highest BCUT2D eigenvalue weighted by Gasteiger charge is 2.52. The Bertz CT molecular complexity index is 185. The van der Waals surface area contributed by atoms with Gasteiger partial charge in [0.05, 0.1) is 0 Å². The molecule has 0 aromatic rings. The van der Waals surface area contributed by atoms with Crippen LogP contribution in [0.15, 0.2) is 0 Å². The van der Waals surface area contributed by atoms with Gasteiger partial charge in [0, 0.05) is 19.5 Å². The van der Waals surface area contributed by atoms with Gasteiger partial charge in [0.1, 0.15) is 6.04 Å².